The molecule has 4 rings (SSSR count). The fourth-order valence-corrected chi connectivity index (χ4v) is 3.61. The van der Waals surface area contributed by atoms with Crippen molar-refractivity contribution in [2.45, 2.75) is 19.9 Å². The van der Waals surface area contributed by atoms with E-state index in [0.29, 0.717) is 22.2 Å². The number of hydrogen-bond donors (Lipinski definition) is 3. The third kappa shape index (κ3) is 4.53. The molecule has 7 heteroatoms. The van der Waals surface area contributed by atoms with Gasteiger partial charge in [0, 0.05) is 35.1 Å². The number of nitrogens with one attached hydrogen (secondary N) is 2. The quantitative estimate of drug-likeness (QED) is 0.150. The molecule has 162 valence electrons. The molecule has 0 aliphatic rings. The van der Waals surface area contributed by atoms with E-state index in [-0.39, 0.29) is 11.6 Å². The molecule has 0 amide bonds. The second-order valence-corrected chi connectivity index (χ2v) is 7.51. The molecule has 0 bridgehead atoms. The number of hydrogen-bond acceptors (Lipinski definition) is 5. The number of aromatic amines is 1. The van der Waals surface area contributed by atoms with Gasteiger partial charge in [-0.25, -0.2) is 4.99 Å². The van der Waals surface area contributed by atoms with Crippen molar-refractivity contribution < 1.29 is 10.0 Å². The van der Waals surface area contributed by atoms with Crippen LogP contribution in [0.2, 0.25) is 0 Å². The van der Waals surface area contributed by atoms with Gasteiger partial charge in [0.25, 0.3) is 5.69 Å². The van der Waals surface area contributed by atoms with Gasteiger partial charge >= 0.3 is 0 Å². The van der Waals surface area contributed by atoms with Gasteiger partial charge in [-0.3, -0.25) is 10.1 Å². The number of nitro benzene ring substituents is 1. The standard InChI is InChI=1S/C25H24N4O3/c1-2-14-26-16-17-8-10-19(11-9-17)27-24(18-6-4-3-5-7-18)23-21-15-20(29(31)32)12-13-22(21)28-25(23)30/h3-13,15,26,28,30H,2,14,16H2,1H3. The summed E-state index contributed by atoms with van der Waals surface area (Å²) >= 11 is 0. The summed E-state index contributed by atoms with van der Waals surface area (Å²) < 4.78 is 0. The van der Waals surface area contributed by atoms with Crippen LogP contribution in [0.3, 0.4) is 0 Å². The number of H-pyrrole nitrogens is 1. The van der Waals surface area contributed by atoms with Crippen molar-refractivity contribution in [3.8, 4) is 5.88 Å². The highest BCUT2D eigenvalue weighted by atomic mass is 16.6. The van der Waals surface area contributed by atoms with Gasteiger partial charge in [-0.1, -0.05) is 49.4 Å². The lowest BCUT2D eigenvalue weighted by molar-refractivity contribution is -0.384. The minimum Gasteiger partial charge on any atom is -0.494 e. The Morgan fingerprint density at radius 3 is 2.53 bits per heavy atom. The predicted octanol–water partition coefficient (Wildman–Crippen LogP) is 5.45. The number of fused-ring (bicyclic) bond motifs is 1. The lowest BCUT2D eigenvalue weighted by Crippen LogP contribution is -2.13. The Kier molecular flexibility index (Phi) is 6.28. The first-order valence-corrected chi connectivity index (χ1v) is 10.5. The van der Waals surface area contributed by atoms with Gasteiger partial charge in [0.05, 0.1) is 21.9 Å². The number of benzene rings is 3. The van der Waals surface area contributed by atoms with Gasteiger partial charge in [-0.15, -0.1) is 0 Å². The third-order valence-corrected chi connectivity index (χ3v) is 5.19. The van der Waals surface area contributed by atoms with E-state index in [4.69, 9.17) is 4.99 Å². The Hall–Kier alpha value is -3.97. The average molecular weight is 428 g/mol. The van der Waals surface area contributed by atoms with Crippen molar-refractivity contribution in [1.82, 2.24) is 10.3 Å². The summed E-state index contributed by atoms with van der Waals surface area (Å²) in [6.45, 7) is 3.88. The molecule has 1 aromatic heterocycles. The molecular weight excluding hydrogens is 404 g/mol. The zero-order valence-electron chi connectivity index (χ0n) is 17.7. The van der Waals surface area contributed by atoms with Crippen molar-refractivity contribution in [3.63, 3.8) is 0 Å². The largest absolute Gasteiger partial charge is 0.494 e. The molecular formula is C25H24N4O3. The smallest absolute Gasteiger partial charge is 0.270 e. The SMILES string of the molecule is CCCNCc1ccc(N=C(c2ccccc2)c2c(O)[nH]c3ccc([N+](=O)[O-])cc23)cc1. The van der Waals surface area contributed by atoms with E-state index in [1.807, 2.05) is 54.6 Å². The highest BCUT2D eigenvalue weighted by Crippen LogP contribution is 2.33. The first-order valence-electron chi connectivity index (χ1n) is 10.5. The molecule has 0 aliphatic carbocycles. The molecule has 0 radical (unpaired) electrons. The molecule has 4 aromatic rings. The van der Waals surface area contributed by atoms with Crippen molar-refractivity contribution >= 4 is 28.0 Å². The van der Waals surface area contributed by atoms with Crippen LogP contribution in [0.25, 0.3) is 10.9 Å². The number of rotatable bonds is 8. The monoisotopic (exact) mass is 428 g/mol. The lowest BCUT2D eigenvalue weighted by Gasteiger charge is -2.08. The van der Waals surface area contributed by atoms with Crippen LogP contribution >= 0.6 is 0 Å². The normalized spacial score (nSPS) is 11.7. The van der Waals surface area contributed by atoms with E-state index < -0.39 is 4.92 Å². The first-order chi connectivity index (χ1) is 15.6. The topological polar surface area (TPSA) is 104 Å². The molecule has 0 aliphatic heterocycles. The second-order valence-electron chi connectivity index (χ2n) is 7.51. The van der Waals surface area contributed by atoms with Crippen LogP contribution in [0, 0.1) is 10.1 Å². The molecule has 0 spiro atoms. The minimum atomic E-state index is -0.447. The maximum atomic E-state index is 11.3. The molecule has 0 saturated heterocycles. The summed E-state index contributed by atoms with van der Waals surface area (Å²) in [5.74, 6) is -0.0801. The van der Waals surface area contributed by atoms with Crippen LogP contribution in [-0.2, 0) is 6.54 Å². The van der Waals surface area contributed by atoms with Crippen molar-refractivity contribution in [2.75, 3.05) is 6.54 Å². The Morgan fingerprint density at radius 1 is 1.09 bits per heavy atom. The number of aromatic hydroxyl groups is 1. The van der Waals surface area contributed by atoms with Crippen LogP contribution in [0.5, 0.6) is 5.88 Å². The van der Waals surface area contributed by atoms with Gasteiger partial charge < -0.3 is 15.4 Å². The molecule has 3 aromatic carbocycles. The zero-order chi connectivity index (χ0) is 22.5. The maximum Gasteiger partial charge on any atom is 0.270 e. The summed E-state index contributed by atoms with van der Waals surface area (Å²) in [5.41, 5.74) is 4.20. The van der Waals surface area contributed by atoms with Gasteiger partial charge in [0.2, 0.25) is 0 Å². The number of aromatic nitrogens is 1. The van der Waals surface area contributed by atoms with Crippen LogP contribution in [0.4, 0.5) is 11.4 Å². The molecule has 32 heavy (non-hydrogen) atoms. The Bertz CT molecular complexity index is 1260. The van der Waals surface area contributed by atoms with E-state index in [0.717, 1.165) is 36.3 Å². The number of non-ortho nitro benzene ring substituents is 1. The molecule has 3 N–H and O–H groups in total. The minimum absolute atomic E-state index is 0.0471. The fraction of sp³-hybridized carbons (Fsp3) is 0.160. The van der Waals surface area contributed by atoms with Crippen LogP contribution in [0.1, 0.15) is 30.0 Å². The number of aliphatic imine (C=N–C) groups is 1. The van der Waals surface area contributed by atoms with Crippen LogP contribution < -0.4 is 5.32 Å². The molecule has 7 nitrogen and oxygen atoms in total. The van der Waals surface area contributed by atoms with Gasteiger partial charge in [-0.05, 0) is 36.7 Å². The van der Waals surface area contributed by atoms with E-state index in [9.17, 15) is 15.2 Å². The Labute approximate surface area is 185 Å². The summed E-state index contributed by atoms with van der Waals surface area (Å²) in [6, 6.07) is 21.8. The Balaban J connectivity index is 1.82. The number of nitro groups is 1. The second kappa shape index (κ2) is 9.45. The molecule has 0 atom stereocenters. The van der Waals surface area contributed by atoms with Gasteiger partial charge in [0.1, 0.15) is 0 Å². The van der Waals surface area contributed by atoms with Crippen molar-refractivity contribution in [2.24, 2.45) is 4.99 Å². The van der Waals surface area contributed by atoms with E-state index in [1.165, 1.54) is 12.1 Å². The highest BCUT2D eigenvalue weighted by molar-refractivity contribution is 6.22. The first kappa shape index (κ1) is 21.3. The zero-order valence-corrected chi connectivity index (χ0v) is 17.7. The third-order valence-electron chi connectivity index (χ3n) is 5.19. The van der Waals surface area contributed by atoms with Crippen LogP contribution in [0.15, 0.2) is 77.8 Å². The molecule has 0 unspecified atom stereocenters. The summed E-state index contributed by atoms with van der Waals surface area (Å²) in [7, 11) is 0. The summed E-state index contributed by atoms with van der Waals surface area (Å²) in [5, 5.41) is 26.0. The maximum absolute atomic E-state index is 11.3. The average Bonchev–Trinajstić information content (AvgIpc) is 3.14. The Morgan fingerprint density at radius 2 is 1.84 bits per heavy atom. The van der Waals surface area contributed by atoms with E-state index in [2.05, 4.69) is 17.2 Å². The molecule has 0 saturated carbocycles. The predicted molar refractivity (Wildman–Crippen MR) is 127 cm³/mol. The number of nitrogens with zero attached hydrogens (tertiary/aromatic N) is 2. The fourth-order valence-electron chi connectivity index (χ4n) is 3.61. The van der Waals surface area contributed by atoms with Crippen molar-refractivity contribution in [1.29, 1.82) is 0 Å². The van der Waals surface area contributed by atoms with E-state index >= 15 is 0 Å². The summed E-state index contributed by atoms with van der Waals surface area (Å²) in [6.07, 6.45) is 1.08. The van der Waals surface area contributed by atoms with Crippen molar-refractivity contribution in [3.05, 3.63) is 99.6 Å². The van der Waals surface area contributed by atoms with Gasteiger partial charge in [0.15, 0.2) is 5.88 Å². The molecule has 0 fully saturated rings. The summed E-state index contributed by atoms with van der Waals surface area (Å²) in [4.78, 5) is 18.6. The molecule has 1 heterocycles. The van der Waals surface area contributed by atoms with Crippen LogP contribution in [-0.4, -0.2) is 27.3 Å². The highest BCUT2D eigenvalue weighted by Gasteiger charge is 2.20. The van der Waals surface area contributed by atoms with Gasteiger partial charge in [-0.2, -0.15) is 0 Å². The van der Waals surface area contributed by atoms with E-state index in [1.54, 1.807) is 6.07 Å². The lowest BCUT2D eigenvalue weighted by atomic mass is 10.0.